The van der Waals surface area contributed by atoms with Gasteiger partial charge in [-0.05, 0) is 165 Å². The smallest absolute Gasteiger partial charge is 0.162 e. The molecule has 0 amide bonds. The standard InChI is InChI=1S/C47H92N2O9/c1-12-33-31-36(50)24-27-46(33,9)35-23-26-47(10)34(30-35)21-22-38(47)58-41(53)20-17-19-40(52)49-37(42(54)45(8,13-2)14-3)18-15-16-28-48-39(51)25-29-56-43(4,5)32-57-44(6,7)55-11/h33-42,48-54H,12-32H2,1-11H3. The van der Waals surface area contributed by atoms with Crippen molar-refractivity contribution >= 4 is 0 Å². The SMILES string of the molecule is CCC1CC(O)CCC1(C)C1CCC2(C)C(CCC2OC(O)CCCC(O)NC(CCCCNC(O)CCOC(C)(C)COC(C)(C)OC)C(O)C(C)(CC)CC)C1. The van der Waals surface area contributed by atoms with Crippen LogP contribution in [0.4, 0.5) is 0 Å². The molecule has 0 radical (unpaired) electrons. The molecule has 3 aliphatic rings. The number of rotatable bonds is 28. The summed E-state index contributed by atoms with van der Waals surface area (Å²) in [5.41, 5.74) is -0.413. The van der Waals surface area contributed by atoms with Gasteiger partial charge in [0.2, 0.25) is 0 Å². The van der Waals surface area contributed by atoms with Crippen molar-refractivity contribution in [2.75, 3.05) is 26.9 Å². The third kappa shape index (κ3) is 14.8. The highest BCUT2D eigenvalue weighted by Gasteiger charge is 2.54. The van der Waals surface area contributed by atoms with Crippen molar-refractivity contribution in [2.24, 2.45) is 34.0 Å². The third-order valence-electron chi connectivity index (χ3n) is 15.8. The van der Waals surface area contributed by atoms with Crippen molar-refractivity contribution in [3.63, 3.8) is 0 Å². The maximum atomic E-state index is 11.6. The Balaban J connectivity index is 1.41. The number of ether oxygens (including phenoxy) is 4. The highest BCUT2D eigenvalue weighted by molar-refractivity contribution is 5.04. The molecule has 11 heteroatoms. The molecule has 3 aliphatic carbocycles. The van der Waals surface area contributed by atoms with E-state index in [1.54, 1.807) is 7.11 Å². The molecular formula is C47H92N2O9. The van der Waals surface area contributed by atoms with Gasteiger partial charge < -0.3 is 44.5 Å². The third-order valence-corrected chi connectivity index (χ3v) is 15.8. The lowest BCUT2D eigenvalue weighted by atomic mass is 9.52. The molecule has 0 saturated heterocycles. The molecule has 0 aromatic carbocycles. The van der Waals surface area contributed by atoms with Gasteiger partial charge in [0.1, 0.15) is 12.5 Å². The first-order valence-corrected chi connectivity index (χ1v) is 23.6. The fraction of sp³-hybridized carbons (Fsp3) is 1.00. The highest BCUT2D eigenvalue weighted by Crippen LogP contribution is 2.61. The van der Waals surface area contributed by atoms with Crippen LogP contribution in [-0.4, -0.2) is 107 Å². The minimum Gasteiger partial charge on any atom is -0.393 e. The van der Waals surface area contributed by atoms with E-state index in [4.69, 9.17) is 18.9 Å². The zero-order valence-corrected chi connectivity index (χ0v) is 39.0. The molecule has 3 saturated carbocycles. The zero-order valence-electron chi connectivity index (χ0n) is 39.0. The van der Waals surface area contributed by atoms with Crippen LogP contribution in [0.1, 0.15) is 185 Å². The van der Waals surface area contributed by atoms with Gasteiger partial charge in [-0.3, -0.25) is 10.6 Å². The van der Waals surface area contributed by atoms with Crippen LogP contribution in [-0.2, 0) is 18.9 Å². The number of hydrogen-bond donors (Lipinski definition) is 7. The van der Waals surface area contributed by atoms with Crippen LogP contribution < -0.4 is 10.6 Å². The number of fused-ring (bicyclic) bond motifs is 1. The molecule has 12 unspecified atom stereocenters. The highest BCUT2D eigenvalue weighted by atomic mass is 16.7. The predicted octanol–water partition coefficient (Wildman–Crippen LogP) is 7.78. The average molecular weight is 829 g/mol. The molecule has 0 bridgehead atoms. The van der Waals surface area contributed by atoms with Crippen LogP contribution in [0, 0.1) is 34.0 Å². The Kier molecular flexibility index (Phi) is 20.9. The minimum absolute atomic E-state index is 0.0509. The van der Waals surface area contributed by atoms with E-state index < -0.39 is 36.2 Å². The molecule has 7 N–H and O–H groups in total. The number of unbranched alkanes of at least 4 members (excludes halogenated alkanes) is 1. The van der Waals surface area contributed by atoms with Crippen molar-refractivity contribution < 1.29 is 44.5 Å². The van der Waals surface area contributed by atoms with E-state index >= 15 is 0 Å². The van der Waals surface area contributed by atoms with Gasteiger partial charge in [-0.15, -0.1) is 0 Å². The molecule has 3 rings (SSSR count). The van der Waals surface area contributed by atoms with E-state index in [1.165, 1.54) is 12.8 Å². The van der Waals surface area contributed by atoms with Crippen LogP contribution >= 0.6 is 0 Å². The second-order valence-corrected chi connectivity index (χ2v) is 20.7. The van der Waals surface area contributed by atoms with Crippen molar-refractivity contribution in [1.82, 2.24) is 10.6 Å². The molecule has 11 nitrogen and oxygen atoms in total. The first-order valence-electron chi connectivity index (χ1n) is 23.6. The first kappa shape index (κ1) is 51.9. The van der Waals surface area contributed by atoms with Crippen LogP contribution in [0.2, 0.25) is 0 Å². The fourth-order valence-electron chi connectivity index (χ4n) is 10.7. The number of methoxy groups -OCH3 is 1. The molecule has 0 heterocycles. The number of aliphatic hydroxyl groups excluding tert-OH is 5. The molecular weight excluding hydrogens is 737 g/mol. The Hall–Kier alpha value is -0.440. The molecule has 0 aromatic rings. The van der Waals surface area contributed by atoms with Gasteiger partial charge >= 0.3 is 0 Å². The first-order chi connectivity index (χ1) is 27.2. The largest absolute Gasteiger partial charge is 0.393 e. The lowest BCUT2D eigenvalue weighted by molar-refractivity contribution is -0.225. The van der Waals surface area contributed by atoms with E-state index in [2.05, 4.69) is 52.2 Å². The van der Waals surface area contributed by atoms with Crippen LogP contribution in [0.5, 0.6) is 0 Å². The summed E-state index contributed by atoms with van der Waals surface area (Å²) in [6.45, 7) is 22.5. The second-order valence-electron chi connectivity index (χ2n) is 20.7. The van der Waals surface area contributed by atoms with Crippen LogP contribution in [0.15, 0.2) is 0 Å². The lowest BCUT2D eigenvalue weighted by Crippen LogP contribution is -2.51. The Labute approximate surface area is 354 Å². The average Bonchev–Trinajstić information content (AvgIpc) is 3.51. The van der Waals surface area contributed by atoms with Crippen LogP contribution in [0.3, 0.4) is 0 Å². The van der Waals surface area contributed by atoms with Gasteiger partial charge in [0, 0.05) is 19.6 Å². The monoisotopic (exact) mass is 829 g/mol. The fourth-order valence-corrected chi connectivity index (χ4v) is 10.7. The summed E-state index contributed by atoms with van der Waals surface area (Å²) < 4.78 is 23.5. The van der Waals surface area contributed by atoms with E-state index in [0.29, 0.717) is 75.0 Å². The van der Waals surface area contributed by atoms with Crippen LogP contribution in [0.25, 0.3) is 0 Å². The molecule has 58 heavy (non-hydrogen) atoms. The maximum Gasteiger partial charge on any atom is 0.162 e. The Morgan fingerprint density at radius 1 is 0.741 bits per heavy atom. The predicted molar refractivity (Wildman–Crippen MR) is 232 cm³/mol. The molecule has 0 aromatic heterocycles. The topological polar surface area (TPSA) is 162 Å². The Morgan fingerprint density at radius 2 is 1.41 bits per heavy atom. The number of hydrogen-bond acceptors (Lipinski definition) is 11. The van der Waals surface area contributed by atoms with Crippen molar-refractivity contribution in [2.45, 2.75) is 239 Å². The zero-order chi connectivity index (χ0) is 43.4. The van der Waals surface area contributed by atoms with Crippen molar-refractivity contribution in [3.8, 4) is 0 Å². The summed E-state index contributed by atoms with van der Waals surface area (Å²) in [6, 6.07) is -0.286. The van der Waals surface area contributed by atoms with E-state index in [9.17, 15) is 25.5 Å². The Bertz CT molecular complexity index is 1160. The minimum atomic E-state index is -0.861. The lowest BCUT2D eigenvalue weighted by Gasteiger charge is -2.53. The van der Waals surface area contributed by atoms with E-state index in [1.807, 2.05) is 27.7 Å². The van der Waals surface area contributed by atoms with Crippen molar-refractivity contribution in [1.29, 1.82) is 0 Å². The molecule has 12 atom stereocenters. The van der Waals surface area contributed by atoms with E-state index in [-0.39, 0.29) is 29.1 Å². The maximum absolute atomic E-state index is 11.6. The summed E-state index contributed by atoms with van der Waals surface area (Å²) >= 11 is 0. The van der Waals surface area contributed by atoms with Gasteiger partial charge in [-0.1, -0.05) is 54.4 Å². The van der Waals surface area contributed by atoms with E-state index in [0.717, 1.165) is 70.6 Å². The second kappa shape index (κ2) is 23.3. The molecule has 3 fully saturated rings. The molecule has 0 aliphatic heterocycles. The Morgan fingerprint density at radius 3 is 2.07 bits per heavy atom. The summed E-state index contributed by atoms with van der Waals surface area (Å²) in [7, 11) is 1.61. The van der Waals surface area contributed by atoms with Gasteiger partial charge in [0.15, 0.2) is 12.1 Å². The van der Waals surface area contributed by atoms with Crippen molar-refractivity contribution in [3.05, 3.63) is 0 Å². The molecule has 344 valence electrons. The summed E-state index contributed by atoms with van der Waals surface area (Å²) in [6.07, 6.45) is 12.7. The van der Waals surface area contributed by atoms with Gasteiger partial charge in [-0.25, -0.2) is 0 Å². The normalized spacial score (nSPS) is 31.1. The summed E-state index contributed by atoms with van der Waals surface area (Å²) in [5.74, 6) is 1.20. The van der Waals surface area contributed by atoms with Gasteiger partial charge in [0.25, 0.3) is 0 Å². The quantitative estimate of drug-likeness (QED) is 0.0305. The summed E-state index contributed by atoms with van der Waals surface area (Å²) in [4.78, 5) is 0. The number of aliphatic hydroxyl groups is 5. The summed E-state index contributed by atoms with van der Waals surface area (Å²) in [5, 5.41) is 61.3. The van der Waals surface area contributed by atoms with Gasteiger partial charge in [0.05, 0.1) is 37.1 Å². The number of nitrogens with one attached hydrogen (secondary N) is 2. The van der Waals surface area contributed by atoms with Gasteiger partial charge in [-0.2, -0.15) is 0 Å². The molecule has 0 spiro atoms.